The van der Waals surface area contributed by atoms with E-state index < -0.39 is 0 Å². The van der Waals surface area contributed by atoms with Crippen molar-refractivity contribution in [3.05, 3.63) is 24.4 Å². The van der Waals surface area contributed by atoms with Crippen molar-refractivity contribution in [1.29, 1.82) is 0 Å². The highest BCUT2D eigenvalue weighted by Crippen LogP contribution is 2.22. The van der Waals surface area contributed by atoms with Crippen molar-refractivity contribution in [3.8, 4) is 0 Å². The molecule has 0 aromatic carbocycles. The van der Waals surface area contributed by atoms with Gasteiger partial charge in [0.15, 0.2) is 0 Å². The van der Waals surface area contributed by atoms with Gasteiger partial charge in [-0.1, -0.05) is 6.07 Å². The van der Waals surface area contributed by atoms with E-state index in [0.29, 0.717) is 0 Å². The summed E-state index contributed by atoms with van der Waals surface area (Å²) in [4.78, 5) is 4.31. The van der Waals surface area contributed by atoms with Gasteiger partial charge in [0, 0.05) is 11.9 Å². The highest BCUT2D eigenvalue weighted by atomic mass is 32.2. The second-order valence-electron chi connectivity index (χ2n) is 3.67. The summed E-state index contributed by atoms with van der Waals surface area (Å²) in [5.41, 5.74) is 0. The molecule has 0 saturated carbocycles. The summed E-state index contributed by atoms with van der Waals surface area (Å²) in [5.74, 6) is 2.10. The lowest BCUT2D eigenvalue weighted by atomic mass is 10.0. The largest absolute Gasteiger partial charge is 0.317 e. The van der Waals surface area contributed by atoms with Gasteiger partial charge in [-0.2, -0.15) is 0 Å². The Kier molecular flexibility index (Phi) is 3.83. The summed E-state index contributed by atoms with van der Waals surface area (Å²) in [6.07, 6.45) is 4.50. The molecule has 0 amide bonds. The van der Waals surface area contributed by atoms with Gasteiger partial charge in [-0.3, -0.25) is 0 Å². The summed E-state index contributed by atoms with van der Waals surface area (Å²) in [5, 5.41) is 4.55. The third-order valence-electron chi connectivity index (χ3n) is 2.56. The first-order chi connectivity index (χ1) is 6.95. The molecule has 3 heteroatoms. The second-order valence-corrected chi connectivity index (χ2v) is 4.71. The van der Waals surface area contributed by atoms with Crippen molar-refractivity contribution in [2.45, 2.75) is 17.9 Å². The van der Waals surface area contributed by atoms with Crippen molar-refractivity contribution in [3.63, 3.8) is 0 Å². The number of hydrogen-bond donors (Lipinski definition) is 1. The van der Waals surface area contributed by atoms with Crippen LogP contribution in [0.1, 0.15) is 12.8 Å². The Morgan fingerprint density at radius 3 is 2.93 bits per heavy atom. The molecule has 0 spiro atoms. The van der Waals surface area contributed by atoms with Gasteiger partial charge in [0.05, 0.1) is 5.03 Å². The van der Waals surface area contributed by atoms with Crippen molar-refractivity contribution < 1.29 is 0 Å². The molecular formula is C11H16N2S. The first-order valence-corrected chi connectivity index (χ1v) is 6.18. The third-order valence-corrected chi connectivity index (χ3v) is 3.74. The normalized spacial score (nSPS) is 18.3. The van der Waals surface area contributed by atoms with E-state index in [1.54, 1.807) is 0 Å². The zero-order valence-electron chi connectivity index (χ0n) is 8.28. The topological polar surface area (TPSA) is 24.9 Å². The van der Waals surface area contributed by atoms with Crippen LogP contribution in [0.3, 0.4) is 0 Å². The van der Waals surface area contributed by atoms with Crippen LogP contribution in [0.25, 0.3) is 0 Å². The Morgan fingerprint density at radius 2 is 2.21 bits per heavy atom. The number of piperidine rings is 1. The summed E-state index contributed by atoms with van der Waals surface area (Å²) in [6.45, 7) is 2.38. The van der Waals surface area contributed by atoms with Gasteiger partial charge in [0.1, 0.15) is 0 Å². The van der Waals surface area contributed by atoms with E-state index >= 15 is 0 Å². The van der Waals surface area contributed by atoms with Gasteiger partial charge < -0.3 is 5.32 Å². The van der Waals surface area contributed by atoms with E-state index in [1.807, 2.05) is 24.0 Å². The maximum atomic E-state index is 4.31. The smallest absolute Gasteiger partial charge is 0.0959 e. The molecule has 2 nitrogen and oxygen atoms in total. The molecule has 0 bridgehead atoms. The summed E-state index contributed by atoms with van der Waals surface area (Å²) in [6, 6.07) is 6.11. The number of nitrogens with zero attached hydrogens (tertiary/aromatic N) is 1. The SMILES string of the molecule is c1ccc(SCC2CCNCC2)nc1. The second kappa shape index (κ2) is 5.37. The zero-order valence-corrected chi connectivity index (χ0v) is 9.09. The minimum atomic E-state index is 0.878. The number of pyridine rings is 1. The van der Waals surface area contributed by atoms with Crippen molar-refractivity contribution >= 4 is 11.8 Å². The van der Waals surface area contributed by atoms with E-state index in [1.165, 1.54) is 31.7 Å². The Morgan fingerprint density at radius 1 is 1.36 bits per heavy atom. The number of rotatable bonds is 3. The third kappa shape index (κ3) is 3.00. The van der Waals surface area contributed by atoms with Crippen LogP contribution in [0.5, 0.6) is 0 Å². The fraction of sp³-hybridized carbons (Fsp3) is 0.545. The molecular weight excluding hydrogens is 192 g/mol. The standard InChI is InChI=1S/C11H16N2S/c1-2-6-13-11(3-1)14-9-10-4-7-12-8-5-10/h1-3,6,10,12H,4-5,7-9H2. The first-order valence-electron chi connectivity index (χ1n) is 5.20. The molecule has 76 valence electrons. The Hall–Kier alpha value is -0.540. The molecule has 1 fully saturated rings. The predicted octanol–water partition coefficient (Wildman–Crippen LogP) is 2.17. The van der Waals surface area contributed by atoms with Gasteiger partial charge in [0.2, 0.25) is 0 Å². The number of thioether (sulfide) groups is 1. The van der Waals surface area contributed by atoms with Crippen LogP contribution in [-0.4, -0.2) is 23.8 Å². The average molecular weight is 208 g/mol. The molecule has 0 atom stereocenters. The van der Waals surface area contributed by atoms with Gasteiger partial charge >= 0.3 is 0 Å². The summed E-state index contributed by atoms with van der Waals surface area (Å²) < 4.78 is 0. The molecule has 1 aliphatic heterocycles. The molecule has 14 heavy (non-hydrogen) atoms. The molecule has 1 aliphatic rings. The predicted molar refractivity (Wildman–Crippen MR) is 60.6 cm³/mol. The number of aromatic nitrogens is 1. The maximum absolute atomic E-state index is 4.31. The minimum Gasteiger partial charge on any atom is -0.317 e. The van der Waals surface area contributed by atoms with Crippen molar-refractivity contribution in [1.82, 2.24) is 10.3 Å². The molecule has 1 aromatic rings. The van der Waals surface area contributed by atoms with Crippen LogP contribution in [0, 0.1) is 5.92 Å². The Bertz CT molecular complexity index is 257. The number of nitrogens with one attached hydrogen (secondary N) is 1. The van der Waals surface area contributed by atoms with E-state index in [-0.39, 0.29) is 0 Å². The molecule has 1 saturated heterocycles. The van der Waals surface area contributed by atoms with Crippen LogP contribution < -0.4 is 5.32 Å². The summed E-state index contributed by atoms with van der Waals surface area (Å²) in [7, 11) is 0. The maximum Gasteiger partial charge on any atom is 0.0959 e. The van der Waals surface area contributed by atoms with Gasteiger partial charge in [-0.05, 0) is 44.0 Å². The monoisotopic (exact) mass is 208 g/mol. The van der Waals surface area contributed by atoms with Crippen LogP contribution in [-0.2, 0) is 0 Å². The molecule has 0 unspecified atom stereocenters. The molecule has 1 aromatic heterocycles. The van der Waals surface area contributed by atoms with Gasteiger partial charge in [0.25, 0.3) is 0 Å². The minimum absolute atomic E-state index is 0.878. The van der Waals surface area contributed by atoms with Gasteiger partial charge in [-0.25, -0.2) is 4.98 Å². The average Bonchev–Trinajstić information content (AvgIpc) is 2.29. The fourth-order valence-corrected chi connectivity index (χ4v) is 2.73. The number of hydrogen-bond acceptors (Lipinski definition) is 3. The molecule has 2 rings (SSSR count). The van der Waals surface area contributed by atoms with Crippen molar-refractivity contribution in [2.24, 2.45) is 5.92 Å². The lowest BCUT2D eigenvalue weighted by Gasteiger charge is -2.21. The quantitative estimate of drug-likeness (QED) is 0.771. The molecule has 2 heterocycles. The summed E-state index contributed by atoms with van der Waals surface area (Å²) >= 11 is 1.89. The Balaban J connectivity index is 1.76. The lowest BCUT2D eigenvalue weighted by molar-refractivity contribution is 0.408. The molecule has 1 N–H and O–H groups in total. The van der Waals surface area contributed by atoms with Crippen LogP contribution in [0.15, 0.2) is 29.4 Å². The van der Waals surface area contributed by atoms with Gasteiger partial charge in [-0.15, -0.1) is 11.8 Å². The van der Waals surface area contributed by atoms with Crippen LogP contribution >= 0.6 is 11.8 Å². The van der Waals surface area contributed by atoms with E-state index in [0.717, 1.165) is 10.9 Å². The highest BCUT2D eigenvalue weighted by molar-refractivity contribution is 7.99. The van der Waals surface area contributed by atoms with E-state index in [4.69, 9.17) is 0 Å². The Labute approximate surface area is 89.5 Å². The first kappa shape index (κ1) is 9.99. The van der Waals surface area contributed by atoms with E-state index in [9.17, 15) is 0 Å². The van der Waals surface area contributed by atoms with Crippen molar-refractivity contribution in [2.75, 3.05) is 18.8 Å². The lowest BCUT2D eigenvalue weighted by Crippen LogP contribution is -2.28. The molecule has 0 aliphatic carbocycles. The fourth-order valence-electron chi connectivity index (χ4n) is 1.68. The molecule has 0 radical (unpaired) electrons. The highest BCUT2D eigenvalue weighted by Gasteiger charge is 2.12. The van der Waals surface area contributed by atoms with Crippen LogP contribution in [0.4, 0.5) is 0 Å². The van der Waals surface area contributed by atoms with E-state index in [2.05, 4.69) is 22.4 Å². The van der Waals surface area contributed by atoms with Crippen LogP contribution in [0.2, 0.25) is 0 Å². The zero-order chi connectivity index (χ0) is 9.64.